The Morgan fingerprint density at radius 1 is 0.750 bits per heavy atom. The molecule has 162 valence electrons. The molecule has 0 aliphatic carbocycles. The minimum absolute atomic E-state index is 0.143. The van der Waals surface area contributed by atoms with Crippen LogP contribution in [0, 0.1) is 6.92 Å². The monoisotopic (exact) mass is 448 g/mol. The first-order chi connectivity index (χ1) is 15.4. The van der Waals surface area contributed by atoms with Crippen LogP contribution in [0.3, 0.4) is 0 Å². The van der Waals surface area contributed by atoms with E-state index in [1.165, 1.54) is 30.4 Å². The zero-order valence-corrected chi connectivity index (χ0v) is 18.3. The van der Waals surface area contributed by atoms with Gasteiger partial charge >= 0.3 is 11.9 Å². The molecule has 0 aliphatic heterocycles. The molecular formula is C26H21ClO5. The van der Waals surface area contributed by atoms with E-state index in [4.69, 9.17) is 25.8 Å². The number of aryl methyl sites for hydroxylation is 1. The average Bonchev–Trinajstić information content (AvgIpc) is 2.79. The van der Waals surface area contributed by atoms with Gasteiger partial charge in [0.2, 0.25) is 0 Å². The first-order valence-corrected chi connectivity index (χ1v) is 10.1. The predicted molar refractivity (Wildman–Crippen MR) is 125 cm³/mol. The van der Waals surface area contributed by atoms with Crippen molar-refractivity contribution in [1.29, 1.82) is 0 Å². The second-order valence-corrected chi connectivity index (χ2v) is 7.19. The third-order valence-corrected chi connectivity index (χ3v) is 4.64. The number of benzene rings is 3. The highest BCUT2D eigenvalue weighted by Crippen LogP contribution is 2.29. The molecule has 0 aliphatic rings. The van der Waals surface area contributed by atoms with E-state index in [2.05, 4.69) is 0 Å². The van der Waals surface area contributed by atoms with Gasteiger partial charge in [0.05, 0.1) is 12.1 Å². The SMILES string of the molecule is COc1ccc(/C=C/C(=O)Oc2ccc(OC(=O)/C=C/c3ccc(C)cc3)cc2Cl)cc1. The summed E-state index contributed by atoms with van der Waals surface area (Å²) in [7, 11) is 1.58. The van der Waals surface area contributed by atoms with Crippen molar-refractivity contribution in [2.75, 3.05) is 7.11 Å². The number of ether oxygens (including phenoxy) is 3. The van der Waals surface area contributed by atoms with E-state index in [0.29, 0.717) is 0 Å². The smallest absolute Gasteiger partial charge is 0.336 e. The number of rotatable bonds is 7. The zero-order valence-electron chi connectivity index (χ0n) is 17.6. The molecule has 0 atom stereocenters. The van der Waals surface area contributed by atoms with Crippen LogP contribution in [-0.2, 0) is 9.59 Å². The van der Waals surface area contributed by atoms with Gasteiger partial charge < -0.3 is 14.2 Å². The highest BCUT2D eigenvalue weighted by atomic mass is 35.5. The Labute approximate surface area is 191 Å². The maximum atomic E-state index is 12.1. The van der Waals surface area contributed by atoms with Gasteiger partial charge in [-0.3, -0.25) is 0 Å². The lowest BCUT2D eigenvalue weighted by atomic mass is 10.1. The highest BCUT2D eigenvalue weighted by Gasteiger charge is 2.09. The number of methoxy groups -OCH3 is 1. The van der Waals surface area contributed by atoms with Crippen LogP contribution in [0.2, 0.25) is 5.02 Å². The van der Waals surface area contributed by atoms with E-state index < -0.39 is 11.9 Å². The van der Waals surface area contributed by atoms with Crippen LogP contribution >= 0.6 is 11.6 Å². The van der Waals surface area contributed by atoms with Gasteiger partial charge in [0.1, 0.15) is 17.2 Å². The van der Waals surface area contributed by atoms with Crippen molar-refractivity contribution in [3.8, 4) is 17.2 Å². The maximum Gasteiger partial charge on any atom is 0.336 e. The van der Waals surface area contributed by atoms with Crippen LogP contribution in [0.25, 0.3) is 12.2 Å². The van der Waals surface area contributed by atoms with Crippen LogP contribution in [0.5, 0.6) is 17.2 Å². The van der Waals surface area contributed by atoms with Gasteiger partial charge in [-0.25, -0.2) is 9.59 Å². The van der Waals surface area contributed by atoms with Gasteiger partial charge in [-0.2, -0.15) is 0 Å². The van der Waals surface area contributed by atoms with E-state index in [9.17, 15) is 9.59 Å². The number of hydrogen-bond donors (Lipinski definition) is 0. The third kappa shape index (κ3) is 6.86. The van der Waals surface area contributed by atoms with Crippen LogP contribution in [-0.4, -0.2) is 19.0 Å². The van der Waals surface area contributed by atoms with Gasteiger partial charge in [0, 0.05) is 18.2 Å². The van der Waals surface area contributed by atoms with Crippen molar-refractivity contribution in [3.63, 3.8) is 0 Å². The molecule has 0 unspecified atom stereocenters. The predicted octanol–water partition coefficient (Wildman–Crippen LogP) is 5.89. The Morgan fingerprint density at radius 2 is 1.28 bits per heavy atom. The van der Waals surface area contributed by atoms with Gasteiger partial charge in [0.15, 0.2) is 0 Å². The minimum Gasteiger partial charge on any atom is -0.497 e. The Hall–Kier alpha value is -3.83. The summed E-state index contributed by atoms with van der Waals surface area (Å²) in [5.41, 5.74) is 2.83. The van der Waals surface area contributed by atoms with E-state index in [0.717, 1.165) is 22.4 Å². The number of halogens is 1. The minimum atomic E-state index is -0.589. The molecule has 0 saturated carbocycles. The second-order valence-electron chi connectivity index (χ2n) is 6.78. The molecule has 0 spiro atoms. The fourth-order valence-electron chi connectivity index (χ4n) is 2.64. The van der Waals surface area contributed by atoms with Gasteiger partial charge in [-0.1, -0.05) is 53.6 Å². The quantitative estimate of drug-likeness (QED) is 0.256. The van der Waals surface area contributed by atoms with E-state index in [-0.39, 0.29) is 16.5 Å². The molecule has 0 amide bonds. The Kier molecular flexibility index (Phi) is 7.84. The lowest BCUT2D eigenvalue weighted by Gasteiger charge is -2.07. The summed E-state index contributed by atoms with van der Waals surface area (Å²) >= 11 is 6.17. The molecule has 32 heavy (non-hydrogen) atoms. The largest absolute Gasteiger partial charge is 0.497 e. The number of carbonyl (C=O) groups excluding carboxylic acids is 2. The standard InChI is InChI=1S/C26H21ClO5/c1-18-3-5-19(6-4-18)9-15-25(28)31-22-13-14-24(23(27)17-22)32-26(29)16-10-20-7-11-21(30-2)12-8-20/h3-17H,1-2H3/b15-9+,16-10+. The van der Waals surface area contributed by atoms with Gasteiger partial charge in [0.25, 0.3) is 0 Å². The molecule has 0 radical (unpaired) electrons. The van der Waals surface area contributed by atoms with E-state index >= 15 is 0 Å². The number of carbonyl (C=O) groups is 2. The summed E-state index contributed by atoms with van der Waals surface area (Å²) in [6.45, 7) is 1.99. The van der Waals surface area contributed by atoms with Crippen molar-refractivity contribution < 1.29 is 23.8 Å². The molecule has 0 aromatic heterocycles. The molecule has 0 saturated heterocycles. The summed E-state index contributed by atoms with van der Waals surface area (Å²) in [4.78, 5) is 24.1. The Bertz CT molecular complexity index is 1150. The van der Waals surface area contributed by atoms with Crippen LogP contribution in [0.1, 0.15) is 16.7 Å². The highest BCUT2D eigenvalue weighted by molar-refractivity contribution is 6.32. The summed E-state index contributed by atoms with van der Waals surface area (Å²) in [5.74, 6) is -0.0154. The van der Waals surface area contributed by atoms with Crippen LogP contribution in [0.15, 0.2) is 78.9 Å². The average molecular weight is 449 g/mol. The lowest BCUT2D eigenvalue weighted by Crippen LogP contribution is -2.06. The maximum absolute atomic E-state index is 12.1. The normalized spacial score (nSPS) is 11.0. The number of hydrogen-bond acceptors (Lipinski definition) is 5. The number of esters is 2. The van der Waals surface area contributed by atoms with Crippen molar-refractivity contribution in [1.82, 2.24) is 0 Å². The molecule has 5 nitrogen and oxygen atoms in total. The van der Waals surface area contributed by atoms with Crippen LogP contribution < -0.4 is 14.2 Å². The molecule has 0 fully saturated rings. The molecule has 3 aromatic carbocycles. The van der Waals surface area contributed by atoms with E-state index in [1.807, 2.05) is 43.3 Å². The summed E-state index contributed by atoms with van der Waals surface area (Å²) in [6.07, 6.45) is 5.90. The molecule has 0 bridgehead atoms. The molecule has 6 heteroatoms. The van der Waals surface area contributed by atoms with E-state index in [1.54, 1.807) is 31.4 Å². The van der Waals surface area contributed by atoms with Gasteiger partial charge in [-0.05, 0) is 54.5 Å². The van der Waals surface area contributed by atoms with Crippen molar-refractivity contribution in [2.24, 2.45) is 0 Å². The first-order valence-electron chi connectivity index (χ1n) is 9.73. The van der Waals surface area contributed by atoms with Gasteiger partial charge in [-0.15, -0.1) is 0 Å². The van der Waals surface area contributed by atoms with Crippen molar-refractivity contribution >= 4 is 35.7 Å². The summed E-state index contributed by atoms with van der Waals surface area (Å²) in [6, 6.07) is 19.3. The van der Waals surface area contributed by atoms with Crippen molar-refractivity contribution in [3.05, 3.63) is 101 Å². The molecule has 3 rings (SSSR count). The Morgan fingerprint density at radius 3 is 1.84 bits per heavy atom. The molecule has 0 N–H and O–H groups in total. The lowest BCUT2D eigenvalue weighted by molar-refractivity contribution is -0.130. The van der Waals surface area contributed by atoms with Crippen molar-refractivity contribution in [2.45, 2.75) is 6.92 Å². The zero-order chi connectivity index (χ0) is 22.9. The fourth-order valence-corrected chi connectivity index (χ4v) is 2.85. The molecule has 0 heterocycles. The topological polar surface area (TPSA) is 61.8 Å². The first kappa shape index (κ1) is 22.8. The molecular weight excluding hydrogens is 428 g/mol. The third-order valence-electron chi connectivity index (χ3n) is 4.35. The summed E-state index contributed by atoms with van der Waals surface area (Å²) < 4.78 is 15.6. The Balaban J connectivity index is 1.56. The molecule has 3 aromatic rings. The second kappa shape index (κ2) is 11.0. The van der Waals surface area contributed by atoms with Crippen LogP contribution in [0.4, 0.5) is 0 Å². The summed E-state index contributed by atoms with van der Waals surface area (Å²) in [5, 5.41) is 0.143. The fraction of sp³-hybridized carbons (Fsp3) is 0.0769.